The van der Waals surface area contributed by atoms with Gasteiger partial charge in [-0.2, -0.15) is 0 Å². The maximum atomic E-state index is 13.3. The van der Waals surface area contributed by atoms with Gasteiger partial charge >= 0.3 is 0 Å². The molecule has 2 amide bonds. The predicted molar refractivity (Wildman–Crippen MR) is 129 cm³/mol. The molecule has 9 nitrogen and oxygen atoms in total. The van der Waals surface area contributed by atoms with Gasteiger partial charge in [0.1, 0.15) is 11.6 Å². The molecule has 2 aliphatic rings. The molecule has 2 aromatic heterocycles. The lowest BCUT2D eigenvalue weighted by Gasteiger charge is -2.26. The Morgan fingerprint density at radius 2 is 2.03 bits per heavy atom. The summed E-state index contributed by atoms with van der Waals surface area (Å²) >= 11 is 1.56. The van der Waals surface area contributed by atoms with Crippen molar-refractivity contribution in [2.45, 2.75) is 71.4 Å². The minimum Gasteiger partial charge on any atom is -0.377 e. The first-order chi connectivity index (χ1) is 16.1. The molecule has 4 rings (SSSR count). The van der Waals surface area contributed by atoms with E-state index in [0.29, 0.717) is 30.1 Å². The zero-order chi connectivity index (χ0) is 23.4. The Bertz CT molecular complexity index is 973. The van der Waals surface area contributed by atoms with Gasteiger partial charge in [-0.05, 0) is 51.0 Å². The summed E-state index contributed by atoms with van der Waals surface area (Å²) in [5.74, 6) is 1.52. The molecule has 0 bridgehead atoms. The Morgan fingerprint density at radius 3 is 2.73 bits per heavy atom. The minimum absolute atomic E-state index is 0.0309. The number of nitrogens with zero attached hydrogens (tertiary/aromatic N) is 3. The van der Waals surface area contributed by atoms with Gasteiger partial charge in [-0.15, -0.1) is 21.5 Å². The van der Waals surface area contributed by atoms with E-state index >= 15 is 0 Å². The Morgan fingerprint density at radius 1 is 1.21 bits per heavy atom. The number of thiophene rings is 1. The summed E-state index contributed by atoms with van der Waals surface area (Å²) in [5.41, 5.74) is 1.67. The smallest absolute Gasteiger partial charge is 0.254 e. The number of carbonyl (C=O) groups is 2. The van der Waals surface area contributed by atoms with Crippen molar-refractivity contribution in [3.8, 4) is 0 Å². The molecule has 0 radical (unpaired) electrons. The van der Waals surface area contributed by atoms with Crippen molar-refractivity contribution in [1.29, 1.82) is 0 Å². The number of aromatic nitrogens is 3. The molecule has 0 aromatic carbocycles. The highest BCUT2D eigenvalue weighted by Crippen LogP contribution is 2.43. The molecule has 2 aromatic rings. The molecule has 1 saturated carbocycles. The highest BCUT2D eigenvalue weighted by Gasteiger charge is 2.35. The maximum absolute atomic E-state index is 13.3. The van der Waals surface area contributed by atoms with Crippen LogP contribution in [0.4, 0.5) is 10.9 Å². The van der Waals surface area contributed by atoms with Crippen molar-refractivity contribution in [3.63, 3.8) is 0 Å². The number of methoxy groups -OCH3 is 1. The van der Waals surface area contributed by atoms with Gasteiger partial charge in [0, 0.05) is 37.0 Å². The number of amides is 2. The monoisotopic (exact) mass is 474 g/mol. The fourth-order valence-electron chi connectivity index (χ4n) is 4.35. The van der Waals surface area contributed by atoms with Gasteiger partial charge in [0.05, 0.1) is 5.56 Å². The summed E-state index contributed by atoms with van der Waals surface area (Å²) < 4.78 is 7.47. The van der Waals surface area contributed by atoms with Crippen LogP contribution in [0.5, 0.6) is 0 Å². The van der Waals surface area contributed by atoms with E-state index in [-0.39, 0.29) is 23.8 Å². The molecule has 1 atom stereocenters. The number of hydrogen-bond donors (Lipinski definition) is 3. The second-order valence-corrected chi connectivity index (χ2v) is 9.86. The Balaban J connectivity index is 1.65. The van der Waals surface area contributed by atoms with Crippen LogP contribution in [0.3, 0.4) is 0 Å². The number of rotatable bonds is 11. The molecule has 2 heterocycles. The third-order valence-corrected chi connectivity index (χ3v) is 7.41. The number of hydrogen-bond acceptors (Lipinski definition) is 7. The van der Waals surface area contributed by atoms with Crippen molar-refractivity contribution >= 4 is 34.1 Å². The number of anilines is 2. The lowest BCUT2D eigenvalue weighted by molar-refractivity contribution is -0.117. The first-order valence-electron chi connectivity index (χ1n) is 12.0. The van der Waals surface area contributed by atoms with E-state index in [4.69, 9.17) is 4.74 Å². The van der Waals surface area contributed by atoms with Crippen LogP contribution in [0, 0.1) is 5.92 Å². The first-order valence-corrected chi connectivity index (χ1v) is 12.8. The molecule has 33 heavy (non-hydrogen) atoms. The van der Waals surface area contributed by atoms with E-state index in [1.807, 2.05) is 6.92 Å². The number of carbonyl (C=O) groups excluding carboxylic acids is 2. The number of ether oxygens (including phenoxy) is 1. The van der Waals surface area contributed by atoms with E-state index in [0.717, 1.165) is 62.4 Å². The second kappa shape index (κ2) is 10.6. The van der Waals surface area contributed by atoms with Crippen molar-refractivity contribution in [2.24, 2.45) is 5.92 Å². The quantitative estimate of drug-likeness (QED) is 0.430. The van der Waals surface area contributed by atoms with Gasteiger partial charge in [-0.3, -0.25) is 14.2 Å². The molecule has 0 saturated heterocycles. The zero-order valence-electron chi connectivity index (χ0n) is 19.7. The van der Waals surface area contributed by atoms with E-state index in [1.165, 1.54) is 4.88 Å². The zero-order valence-corrected chi connectivity index (χ0v) is 20.5. The average molecular weight is 475 g/mol. The molecule has 1 fully saturated rings. The fraction of sp³-hybridized carbons (Fsp3) is 0.652. The largest absolute Gasteiger partial charge is 0.377 e. The fourth-order valence-corrected chi connectivity index (χ4v) is 5.60. The van der Waals surface area contributed by atoms with Gasteiger partial charge < -0.3 is 20.7 Å². The standard InChI is InChI=1S/C23H34N6O3S/c1-4-6-11-25-21(31)19-16-12-15(29-18(13-32-3)27-28-23(29)24-5-2)9-10-17(16)33-22(19)26-20(30)14-7-8-14/h14-15H,4-13H2,1-3H3,(H,24,28)(H,25,31)(H,26,30). The van der Waals surface area contributed by atoms with Crippen LogP contribution >= 0.6 is 11.3 Å². The molecule has 0 aliphatic heterocycles. The van der Waals surface area contributed by atoms with Crippen LogP contribution in [0.15, 0.2) is 0 Å². The van der Waals surface area contributed by atoms with Gasteiger partial charge in [0.2, 0.25) is 11.9 Å². The van der Waals surface area contributed by atoms with E-state index < -0.39 is 0 Å². The highest BCUT2D eigenvalue weighted by atomic mass is 32.1. The number of aryl methyl sites for hydroxylation is 1. The van der Waals surface area contributed by atoms with Crippen LogP contribution in [0.25, 0.3) is 0 Å². The Hall–Kier alpha value is -2.46. The molecule has 0 spiro atoms. The number of nitrogens with one attached hydrogen (secondary N) is 3. The first kappa shape index (κ1) is 23.7. The number of unbranched alkanes of at least 4 members (excludes halogenated alkanes) is 1. The summed E-state index contributed by atoms with van der Waals surface area (Å²) in [5, 5.41) is 18.8. The topological polar surface area (TPSA) is 110 Å². The van der Waals surface area contributed by atoms with Gasteiger partial charge in [-0.1, -0.05) is 13.3 Å². The molecule has 180 valence electrons. The van der Waals surface area contributed by atoms with Crippen LogP contribution in [0.1, 0.15) is 78.6 Å². The lowest BCUT2D eigenvalue weighted by atomic mass is 9.90. The minimum atomic E-state index is -0.0968. The Kier molecular flexibility index (Phi) is 7.64. The normalized spacial score (nSPS) is 17.5. The predicted octanol–water partition coefficient (Wildman–Crippen LogP) is 3.53. The van der Waals surface area contributed by atoms with Crippen LogP contribution in [-0.4, -0.2) is 46.8 Å². The van der Waals surface area contributed by atoms with E-state index in [1.54, 1.807) is 18.4 Å². The molecule has 10 heteroatoms. The summed E-state index contributed by atoms with van der Waals surface area (Å²) in [6, 6.07) is 0.107. The van der Waals surface area contributed by atoms with Crippen molar-refractivity contribution in [2.75, 3.05) is 30.8 Å². The third kappa shape index (κ3) is 5.22. The van der Waals surface area contributed by atoms with Gasteiger partial charge in [0.15, 0.2) is 5.82 Å². The summed E-state index contributed by atoms with van der Waals surface area (Å²) in [6.45, 7) is 5.87. The molecular formula is C23H34N6O3S. The molecule has 1 unspecified atom stereocenters. The average Bonchev–Trinajstić information content (AvgIpc) is 3.50. The maximum Gasteiger partial charge on any atom is 0.254 e. The van der Waals surface area contributed by atoms with E-state index in [2.05, 4.69) is 37.6 Å². The van der Waals surface area contributed by atoms with E-state index in [9.17, 15) is 9.59 Å². The Labute approximate surface area is 198 Å². The summed E-state index contributed by atoms with van der Waals surface area (Å²) in [6.07, 6.45) is 6.24. The van der Waals surface area contributed by atoms with Crippen LogP contribution in [0.2, 0.25) is 0 Å². The van der Waals surface area contributed by atoms with Crippen molar-refractivity contribution in [3.05, 3.63) is 21.8 Å². The second-order valence-electron chi connectivity index (χ2n) is 8.75. The molecular weight excluding hydrogens is 440 g/mol. The van der Waals surface area contributed by atoms with Crippen molar-refractivity contribution < 1.29 is 14.3 Å². The van der Waals surface area contributed by atoms with Gasteiger partial charge in [0.25, 0.3) is 5.91 Å². The molecule has 3 N–H and O–H groups in total. The lowest BCUT2D eigenvalue weighted by Crippen LogP contribution is -2.28. The van der Waals surface area contributed by atoms with Gasteiger partial charge in [-0.25, -0.2) is 0 Å². The number of fused-ring (bicyclic) bond motifs is 1. The summed E-state index contributed by atoms with van der Waals surface area (Å²) in [4.78, 5) is 27.0. The summed E-state index contributed by atoms with van der Waals surface area (Å²) in [7, 11) is 1.65. The highest BCUT2D eigenvalue weighted by molar-refractivity contribution is 7.17. The van der Waals surface area contributed by atoms with Crippen LogP contribution < -0.4 is 16.0 Å². The van der Waals surface area contributed by atoms with Crippen LogP contribution in [-0.2, 0) is 29.0 Å². The molecule has 2 aliphatic carbocycles. The third-order valence-electron chi connectivity index (χ3n) is 6.20. The van der Waals surface area contributed by atoms with Crippen molar-refractivity contribution in [1.82, 2.24) is 20.1 Å². The SMILES string of the molecule is CCCCNC(=O)c1c(NC(=O)C2CC2)sc2c1CC(n1c(COC)nnc1NCC)CC2.